The Morgan fingerprint density at radius 2 is 1.81 bits per heavy atom. The summed E-state index contributed by atoms with van der Waals surface area (Å²) in [6.45, 7) is -1.83. The highest BCUT2D eigenvalue weighted by molar-refractivity contribution is 5.97. The molecule has 1 aliphatic heterocycles. The lowest BCUT2D eigenvalue weighted by atomic mass is 9.90. The molecule has 1 heterocycles. The zero-order valence-electron chi connectivity index (χ0n) is 15.2. The van der Waals surface area contributed by atoms with Gasteiger partial charge in [-0.1, -0.05) is 36.4 Å². The van der Waals surface area contributed by atoms with Crippen LogP contribution in [0.25, 0.3) is 0 Å². The average Bonchev–Trinajstić information content (AvgIpc) is 2.68. The summed E-state index contributed by atoms with van der Waals surface area (Å²) in [5, 5.41) is 0. The average molecular weight is 375 g/mol. The van der Waals surface area contributed by atoms with Gasteiger partial charge in [-0.05, 0) is 42.9 Å². The van der Waals surface area contributed by atoms with Crippen molar-refractivity contribution in [3.63, 3.8) is 0 Å². The van der Waals surface area contributed by atoms with Crippen molar-refractivity contribution < 1.29 is 23.0 Å². The first-order chi connectivity index (χ1) is 13.1. The van der Waals surface area contributed by atoms with E-state index in [0.29, 0.717) is 19.0 Å². The van der Waals surface area contributed by atoms with E-state index in [1.165, 1.54) is 24.8 Å². The van der Waals surface area contributed by atoms with Crippen LogP contribution in [0.3, 0.4) is 0 Å². The van der Waals surface area contributed by atoms with Gasteiger partial charge in [0, 0.05) is 13.1 Å². The lowest BCUT2D eigenvalue weighted by Crippen LogP contribution is -2.39. The number of likely N-dealkylation sites (tertiary alicyclic amines) is 1. The van der Waals surface area contributed by atoms with E-state index >= 15 is 0 Å². The molecule has 6 heteroatoms. The molecule has 0 spiro atoms. The van der Waals surface area contributed by atoms with Crippen LogP contribution in [-0.4, -0.2) is 37.6 Å². The molecule has 1 amide bonds. The minimum atomic E-state index is -3.02. The molecule has 27 heavy (non-hydrogen) atoms. The number of nitrogens with zero attached hydrogens (tertiary/aromatic N) is 1. The summed E-state index contributed by atoms with van der Waals surface area (Å²) in [7, 11) is 1.36. The number of halogens is 2. The number of ether oxygens (including phenoxy) is 2. The van der Waals surface area contributed by atoms with Crippen LogP contribution in [0, 0.1) is 5.92 Å². The number of methoxy groups -OCH3 is 1. The number of carbonyl (C=O) groups excluding carboxylic acids is 1. The Morgan fingerprint density at radius 3 is 2.44 bits per heavy atom. The molecule has 0 radical (unpaired) electrons. The smallest absolute Gasteiger partial charge is 0.387 e. The number of alkyl halides is 2. The number of amides is 1. The maximum atomic E-state index is 12.9. The van der Waals surface area contributed by atoms with Gasteiger partial charge in [0.2, 0.25) is 0 Å². The Kier molecular flexibility index (Phi) is 6.27. The maximum Gasteiger partial charge on any atom is 0.387 e. The molecule has 3 rings (SSSR count). The fraction of sp³-hybridized carbons (Fsp3) is 0.381. The number of rotatable bonds is 6. The third kappa shape index (κ3) is 4.76. The molecule has 1 fully saturated rings. The van der Waals surface area contributed by atoms with Crippen LogP contribution in [0.4, 0.5) is 8.78 Å². The number of benzene rings is 2. The highest BCUT2D eigenvalue weighted by Gasteiger charge is 2.27. The number of hydrogen-bond donors (Lipinski definition) is 0. The normalized spacial score (nSPS) is 15.0. The van der Waals surface area contributed by atoms with Gasteiger partial charge in [0.05, 0.1) is 12.7 Å². The zero-order valence-corrected chi connectivity index (χ0v) is 15.2. The topological polar surface area (TPSA) is 38.8 Å². The van der Waals surface area contributed by atoms with Crippen LogP contribution >= 0.6 is 0 Å². The zero-order chi connectivity index (χ0) is 19.2. The molecular formula is C21H23F2NO3. The molecule has 1 aliphatic rings. The van der Waals surface area contributed by atoms with Gasteiger partial charge in [-0.15, -0.1) is 0 Å². The molecule has 0 atom stereocenters. The second-order valence-electron chi connectivity index (χ2n) is 6.64. The largest absolute Gasteiger partial charge is 0.493 e. The number of hydrogen-bond acceptors (Lipinski definition) is 3. The first-order valence-electron chi connectivity index (χ1n) is 9.03. The highest BCUT2D eigenvalue weighted by atomic mass is 19.3. The van der Waals surface area contributed by atoms with E-state index in [0.717, 1.165) is 19.3 Å². The summed E-state index contributed by atoms with van der Waals surface area (Å²) in [6, 6.07) is 14.9. The van der Waals surface area contributed by atoms with Crippen LogP contribution in [0.2, 0.25) is 0 Å². The molecule has 0 saturated carbocycles. The number of carbonyl (C=O) groups is 1. The fourth-order valence-corrected chi connectivity index (χ4v) is 3.51. The van der Waals surface area contributed by atoms with Crippen molar-refractivity contribution >= 4 is 5.91 Å². The Morgan fingerprint density at radius 1 is 1.11 bits per heavy atom. The molecular weight excluding hydrogens is 352 g/mol. The van der Waals surface area contributed by atoms with E-state index in [2.05, 4.69) is 16.9 Å². The third-order valence-corrected chi connectivity index (χ3v) is 4.91. The van der Waals surface area contributed by atoms with Crippen LogP contribution in [0.15, 0.2) is 48.5 Å². The van der Waals surface area contributed by atoms with Gasteiger partial charge in [0.1, 0.15) is 0 Å². The van der Waals surface area contributed by atoms with Crippen LogP contribution in [0.1, 0.15) is 28.8 Å². The van der Waals surface area contributed by atoms with Gasteiger partial charge in [0.25, 0.3) is 5.91 Å². The summed E-state index contributed by atoms with van der Waals surface area (Å²) < 4.78 is 35.2. The summed E-state index contributed by atoms with van der Waals surface area (Å²) in [6.07, 6.45) is 2.76. The quantitative estimate of drug-likeness (QED) is 0.752. The minimum absolute atomic E-state index is 0.108. The molecule has 0 aliphatic carbocycles. The van der Waals surface area contributed by atoms with E-state index in [-0.39, 0.29) is 23.0 Å². The maximum absolute atomic E-state index is 12.9. The minimum Gasteiger partial charge on any atom is -0.493 e. The molecule has 0 aromatic heterocycles. The van der Waals surface area contributed by atoms with E-state index in [1.807, 2.05) is 18.2 Å². The van der Waals surface area contributed by atoms with Gasteiger partial charge in [-0.25, -0.2) is 0 Å². The Hall–Kier alpha value is -2.63. The second kappa shape index (κ2) is 8.84. The molecule has 0 bridgehead atoms. The Labute approximate surface area is 157 Å². The number of piperidine rings is 1. The SMILES string of the molecule is COc1cccc(C(=O)N2CCC(Cc3ccccc3)CC2)c1OC(F)F. The molecule has 2 aromatic rings. The summed E-state index contributed by atoms with van der Waals surface area (Å²) >= 11 is 0. The van der Waals surface area contributed by atoms with E-state index in [9.17, 15) is 13.6 Å². The van der Waals surface area contributed by atoms with Crippen molar-refractivity contribution in [1.82, 2.24) is 4.90 Å². The summed E-state index contributed by atoms with van der Waals surface area (Å²) in [4.78, 5) is 14.6. The van der Waals surface area contributed by atoms with Crippen molar-refractivity contribution in [2.24, 2.45) is 5.92 Å². The van der Waals surface area contributed by atoms with Crippen molar-refractivity contribution in [3.8, 4) is 11.5 Å². The monoisotopic (exact) mass is 375 g/mol. The highest BCUT2D eigenvalue weighted by Crippen LogP contribution is 2.34. The second-order valence-corrected chi connectivity index (χ2v) is 6.64. The molecule has 0 unspecified atom stereocenters. The lowest BCUT2D eigenvalue weighted by Gasteiger charge is -2.32. The van der Waals surface area contributed by atoms with E-state index in [1.54, 1.807) is 11.0 Å². The van der Waals surface area contributed by atoms with Crippen LogP contribution < -0.4 is 9.47 Å². The van der Waals surface area contributed by atoms with Gasteiger partial charge < -0.3 is 14.4 Å². The molecule has 1 saturated heterocycles. The van der Waals surface area contributed by atoms with Crippen molar-refractivity contribution in [3.05, 3.63) is 59.7 Å². The molecule has 0 N–H and O–H groups in total. The number of para-hydroxylation sites is 1. The standard InChI is InChI=1S/C21H23F2NO3/c1-26-18-9-5-8-17(19(18)27-21(22)23)20(25)24-12-10-16(11-13-24)14-15-6-3-2-4-7-15/h2-9,16,21H,10-14H2,1H3. The van der Waals surface area contributed by atoms with Crippen LogP contribution in [-0.2, 0) is 6.42 Å². The predicted octanol–water partition coefficient (Wildman–Crippen LogP) is 4.39. The third-order valence-electron chi connectivity index (χ3n) is 4.91. The molecule has 4 nitrogen and oxygen atoms in total. The van der Waals surface area contributed by atoms with Crippen molar-refractivity contribution in [2.75, 3.05) is 20.2 Å². The van der Waals surface area contributed by atoms with E-state index in [4.69, 9.17) is 4.74 Å². The van der Waals surface area contributed by atoms with Gasteiger partial charge >= 0.3 is 6.61 Å². The molecule has 2 aromatic carbocycles. The van der Waals surface area contributed by atoms with Gasteiger partial charge in [-0.2, -0.15) is 8.78 Å². The summed E-state index contributed by atoms with van der Waals surface area (Å²) in [5.41, 5.74) is 1.40. The fourth-order valence-electron chi connectivity index (χ4n) is 3.51. The van der Waals surface area contributed by atoms with Crippen molar-refractivity contribution in [1.29, 1.82) is 0 Å². The van der Waals surface area contributed by atoms with Crippen LogP contribution in [0.5, 0.6) is 11.5 Å². The van der Waals surface area contributed by atoms with Crippen molar-refractivity contribution in [2.45, 2.75) is 25.9 Å². The Bertz CT molecular complexity index is 759. The van der Waals surface area contributed by atoms with Gasteiger partial charge in [-0.3, -0.25) is 4.79 Å². The molecule has 144 valence electrons. The van der Waals surface area contributed by atoms with Gasteiger partial charge in [0.15, 0.2) is 11.5 Å². The first-order valence-corrected chi connectivity index (χ1v) is 9.03. The Balaban J connectivity index is 1.67. The summed E-state index contributed by atoms with van der Waals surface area (Å²) in [5.74, 6) is 0.132. The predicted molar refractivity (Wildman–Crippen MR) is 98.4 cm³/mol. The van der Waals surface area contributed by atoms with E-state index < -0.39 is 6.61 Å². The first kappa shape index (κ1) is 19.1. The lowest BCUT2D eigenvalue weighted by molar-refractivity contribution is -0.0516.